The van der Waals surface area contributed by atoms with E-state index in [0.717, 1.165) is 4.90 Å². The van der Waals surface area contributed by atoms with E-state index in [1.54, 1.807) is 18.7 Å². The van der Waals surface area contributed by atoms with Crippen molar-refractivity contribution in [3.05, 3.63) is 46.8 Å². The van der Waals surface area contributed by atoms with E-state index in [0.29, 0.717) is 38.8 Å². The summed E-state index contributed by atoms with van der Waals surface area (Å²) in [4.78, 5) is 66.5. The third kappa shape index (κ3) is 9.05. The number of morpholine rings is 1. The number of carbonyl (C=O) groups is 5. The maximum atomic E-state index is 14.6. The highest BCUT2D eigenvalue weighted by atomic mass is 19.4. The van der Waals surface area contributed by atoms with Gasteiger partial charge in [0.15, 0.2) is 0 Å². The smallest absolute Gasteiger partial charge is 0.422 e. The molecule has 4 amide bonds. The molecule has 11 nitrogen and oxygen atoms in total. The Balaban J connectivity index is 1.78. The van der Waals surface area contributed by atoms with E-state index in [-0.39, 0.29) is 43.7 Å². The second kappa shape index (κ2) is 15.7. The number of likely N-dealkylation sites (tertiary alicyclic amines) is 1. The van der Waals surface area contributed by atoms with Crippen molar-refractivity contribution in [1.82, 2.24) is 20.4 Å². The minimum Gasteiger partial charge on any atom is -0.422 e. The predicted molar refractivity (Wildman–Crippen MR) is 157 cm³/mol. The quantitative estimate of drug-likeness (QED) is 0.206. The van der Waals surface area contributed by atoms with Crippen molar-refractivity contribution in [2.75, 3.05) is 32.8 Å². The van der Waals surface area contributed by atoms with Crippen LogP contribution in [0.15, 0.2) is 35.7 Å². The van der Waals surface area contributed by atoms with Crippen LogP contribution in [0.3, 0.4) is 0 Å². The molecule has 2 N–H and O–H groups in total. The van der Waals surface area contributed by atoms with Crippen molar-refractivity contribution < 1.29 is 55.4 Å². The molecule has 260 valence electrons. The van der Waals surface area contributed by atoms with Crippen molar-refractivity contribution in [1.29, 1.82) is 0 Å². The summed E-state index contributed by atoms with van der Waals surface area (Å²) in [5, 5.41) is 4.71. The Bertz CT molecular complexity index is 1360. The molecule has 47 heavy (non-hydrogen) atoms. The molecular formula is C31H39F5N4O7. The highest BCUT2D eigenvalue weighted by Crippen LogP contribution is 2.44. The molecule has 3 rings (SSSR count). The van der Waals surface area contributed by atoms with Gasteiger partial charge in [0.2, 0.25) is 17.6 Å². The fourth-order valence-corrected chi connectivity index (χ4v) is 5.32. The summed E-state index contributed by atoms with van der Waals surface area (Å²) in [5.74, 6) is -12.2. The summed E-state index contributed by atoms with van der Waals surface area (Å²) < 4.78 is 79.1. The first-order valence-corrected chi connectivity index (χ1v) is 15.2. The number of halogens is 5. The highest BCUT2D eigenvalue weighted by Gasteiger charge is 2.63. The van der Waals surface area contributed by atoms with Crippen LogP contribution >= 0.6 is 0 Å². The molecule has 2 aliphatic heterocycles. The zero-order chi connectivity index (χ0) is 35.1. The molecule has 0 spiro atoms. The van der Waals surface area contributed by atoms with E-state index in [2.05, 4.69) is 15.4 Å². The standard InChI is InChI=1S/C31H39F5N4O7/c1-5-7-22(25(47-19(4)41)30(32,33)31(34,35)36)40-13-6-8-23(40)27(43)38-28(44)24(18(2)3)37-26(42)20-9-11-21(12-10-20)29(45)39-14-16-46-17-15-39/h9-12,18,23-24H,5-8,13-17H2,1-4H3,(H,37,42)(H,38,43,44)/b25-22+/t23-,24-/m0/s1. The van der Waals surface area contributed by atoms with E-state index in [1.165, 1.54) is 31.2 Å². The molecule has 1 aromatic rings. The summed E-state index contributed by atoms with van der Waals surface area (Å²) in [6.45, 7) is 7.01. The molecule has 1 aromatic carbocycles. The van der Waals surface area contributed by atoms with Crippen molar-refractivity contribution >= 4 is 29.6 Å². The van der Waals surface area contributed by atoms with Gasteiger partial charge < -0.3 is 24.6 Å². The summed E-state index contributed by atoms with van der Waals surface area (Å²) >= 11 is 0. The first-order valence-electron chi connectivity index (χ1n) is 15.2. The monoisotopic (exact) mass is 674 g/mol. The lowest BCUT2D eigenvalue weighted by atomic mass is 10.0. The zero-order valence-electron chi connectivity index (χ0n) is 26.5. The van der Waals surface area contributed by atoms with Gasteiger partial charge in [0.25, 0.3) is 11.8 Å². The Kier molecular flexibility index (Phi) is 12.5. The number of nitrogens with one attached hydrogen (secondary N) is 2. The molecular weight excluding hydrogens is 635 g/mol. The first kappa shape index (κ1) is 37.4. The van der Waals surface area contributed by atoms with Crippen LogP contribution in [0.4, 0.5) is 22.0 Å². The number of allylic oxidation sites excluding steroid dienone is 2. The molecule has 0 unspecified atom stereocenters. The minimum atomic E-state index is -6.09. The van der Waals surface area contributed by atoms with Crippen LogP contribution < -0.4 is 10.6 Å². The second-order valence-corrected chi connectivity index (χ2v) is 11.6. The average Bonchev–Trinajstić information content (AvgIpc) is 3.50. The van der Waals surface area contributed by atoms with Crippen LogP contribution in [0.2, 0.25) is 0 Å². The van der Waals surface area contributed by atoms with Crippen molar-refractivity contribution in [2.45, 2.75) is 77.6 Å². The van der Waals surface area contributed by atoms with Crippen molar-refractivity contribution in [3.8, 4) is 0 Å². The molecule has 0 saturated carbocycles. The predicted octanol–water partition coefficient (Wildman–Crippen LogP) is 3.79. The van der Waals surface area contributed by atoms with Crippen LogP contribution in [0.1, 0.15) is 74.1 Å². The summed E-state index contributed by atoms with van der Waals surface area (Å²) in [6, 6.07) is 3.20. The van der Waals surface area contributed by atoms with Crippen LogP contribution in [-0.4, -0.2) is 96.4 Å². The van der Waals surface area contributed by atoms with Crippen molar-refractivity contribution in [2.24, 2.45) is 5.92 Å². The molecule has 2 saturated heterocycles. The molecule has 2 fully saturated rings. The Labute approximate surface area is 268 Å². The maximum absolute atomic E-state index is 14.6. The SMILES string of the molecule is CCC/C(=C(\OC(C)=O)C(F)(F)C(F)(F)F)N1CCC[C@H]1C(=O)NC(=O)[C@@H](NC(=O)c1ccc(C(=O)N2CCOCC2)cc1)C(C)C. The molecule has 0 aliphatic carbocycles. The number of carbonyl (C=O) groups excluding carboxylic acids is 5. The van der Waals surface area contributed by atoms with E-state index in [9.17, 15) is 45.9 Å². The van der Waals surface area contributed by atoms with Gasteiger partial charge in [-0.1, -0.05) is 27.2 Å². The van der Waals surface area contributed by atoms with Crippen LogP contribution in [0.5, 0.6) is 0 Å². The molecule has 2 atom stereocenters. The summed E-state index contributed by atoms with van der Waals surface area (Å²) in [7, 11) is 0. The first-order chi connectivity index (χ1) is 22.0. The van der Waals surface area contributed by atoms with E-state index in [1.807, 2.05) is 0 Å². The van der Waals surface area contributed by atoms with Gasteiger partial charge in [-0.3, -0.25) is 29.3 Å². The normalized spacial score (nSPS) is 18.4. The fraction of sp³-hybridized carbons (Fsp3) is 0.581. The third-order valence-electron chi connectivity index (χ3n) is 7.71. The Hall–Kier alpha value is -4.08. The van der Waals surface area contributed by atoms with Gasteiger partial charge in [0, 0.05) is 37.7 Å². The van der Waals surface area contributed by atoms with Gasteiger partial charge in [-0.05, 0) is 49.4 Å². The van der Waals surface area contributed by atoms with Gasteiger partial charge in [0.05, 0.1) is 18.9 Å². The number of amides is 4. The third-order valence-corrected chi connectivity index (χ3v) is 7.71. The van der Waals surface area contributed by atoms with E-state index < -0.39 is 65.2 Å². The van der Waals surface area contributed by atoms with E-state index in [4.69, 9.17) is 4.74 Å². The minimum absolute atomic E-state index is 0.00545. The summed E-state index contributed by atoms with van der Waals surface area (Å²) in [5.41, 5.74) is -0.178. The van der Waals surface area contributed by atoms with E-state index >= 15 is 0 Å². The number of alkyl halides is 5. The highest BCUT2D eigenvalue weighted by molar-refractivity contribution is 6.03. The molecule has 2 heterocycles. The Morgan fingerprint density at radius 1 is 0.979 bits per heavy atom. The lowest BCUT2D eigenvalue weighted by Crippen LogP contribution is -2.54. The van der Waals surface area contributed by atoms with Crippen molar-refractivity contribution in [3.63, 3.8) is 0 Å². The maximum Gasteiger partial charge on any atom is 0.461 e. The van der Waals surface area contributed by atoms with Gasteiger partial charge in [-0.15, -0.1) is 0 Å². The van der Waals surface area contributed by atoms with Crippen LogP contribution in [0, 0.1) is 5.92 Å². The number of imide groups is 1. The zero-order valence-corrected chi connectivity index (χ0v) is 26.5. The van der Waals surface area contributed by atoms with Gasteiger partial charge in [0.1, 0.15) is 12.1 Å². The second-order valence-electron chi connectivity index (χ2n) is 11.6. The molecule has 0 aromatic heterocycles. The Morgan fingerprint density at radius 3 is 2.11 bits per heavy atom. The Morgan fingerprint density at radius 2 is 1.57 bits per heavy atom. The van der Waals surface area contributed by atoms with Gasteiger partial charge in [-0.25, -0.2) is 0 Å². The lowest BCUT2D eigenvalue weighted by molar-refractivity contribution is -0.276. The number of ether oxygens (including phenoxy) is 2. The number of hydrogen-bond donors (Lipinski definition) is 2. The largest absolute Gasteiger partial charge is 0.461 e. The topological polar surface area (TPSA) is 134 Å². The van der Waals surface area contributed by atoms with Crippen LogP contribution in [-0.2, 0) is 23.9 Å². The average molecular weight is 675 g/mol. The number of hydrogen-bond acceptors (Lipinski definition) is 8. The molecule has 0 bridgehead atoms. The van der Waals surface area contributed by atoms with Crippen LogP contribution in [0.25, 0.3) is 0 Å². The number of benzene rings is 1. The van der Waals surface area contributed by atoms with Gasteiger partial charge >= 0.3 is 18.1 Å². The lowest BCUT2D eigenvalue weighted by Gasteiger charge is -2.32. The van der Waals surface area contributed by atoms with Gasteiger partial charge in [-0.2, -0.15) is 22.0 Å². The molecule has 16 heteroatoms. The molecule has 2 aliphatic rings. The molecule has 0 radical (unpaired) electrons. The number of rotatable bonds is 11. The number of nitrogens with zero attached hydrogens (tertiary/aromatic N) is 2. The fourth-order valence-electron chi connectivity index (χ4n) is 5.32. The summed E-state index contributed by atoms with van der Waals surface area (Å²) in [6.07, 6.45) is -6.19. The number of esters is 1.